The average molecular weight is 467 g/mol. The smallest absolute Gasteiger partial charge is 0.240 e. The van der Waals surface area contributed by atoms with E-state index in [2.05, 4.69) is 24.5 Å². The lowest BCUT2D eigenvalue weighted by atomic mass is 9.76. The predicted octanol–water partition coefficient (Wildman–Crippen LogP) is 7.94. The largest absolute Gasteiger partial charge is 0.325 e. The first kappa shape index (κ1) is 24.5. The topological polar surface area (TPSA) is 58.2 Å². The summed E-state index contributed by atoms with van der Waals surface area (Å²) in [5, 5.41) is 10.3. The number of fused-ring (bicyclic) bond motifs is 2. The highest BCUT2D eigenvalue weighted by Gasteiger charge is 2.45. The second-order valence-electron chi connectivity index (χ2n) is 9.25. The summed E-state index contributed by atoms with van der Waals surface area (Å²) in [5.41, 5.74) is 0.326. The summed E-state index contributed by atoms with van der Waals surface area (Å²) in [4.78, 5) is 28.0. The van der Waals surface area contributed by atoms with Crippen molar-refractivity contribution in [3.8, 4) is 0 Å². The molecule has 4 aromatic carbocycles. The van der Waals surface area contributed by atoms with E-state index in [1.54, 1.807) is 0 Å². The van der Waals surface area contributed by atoms with Gasteiger partial charge in [-0.1, -0.05) is 112 Å². The number of nitrogens with one attached hydrogen (secondary N) is 2. The van der Waals surface area contributed by atoms with Crippen molar-refractivity contribution in [2.24, 2.45) is 5.41 Å². The molecule has 0 aliphatic carbocycles. The number of anilines is 2. The van der Waals surface area contributed by atoms with E-state index in [-0.39, 0.29) is 11.8 Å². The molecule has 0 aliphatic rings. The fraction of sp³-hybridized carbons (Fsp3) is 0.290. The van der Waals surface area contributed by atoms with Gasteiger partial charge in [-0.15, -0.1) is 0 Å². The maximum absolute atomic E-state index is 14.0. The van der Waals surface area contributed by atoms with Crippen molar-refractivity contribution >= 4 is 44.7 Å². The Bertz CT molecular complexity index is 1210. The first-order valence-corrected chi connectivity index (χ1v) is 12.7. The van der Waals surface area contributed by atoms with Gasteiger partial charge in [-0.25, -0.2) is 0 Å². The molecule has 0 spiro atoms. The Hall–Kier alpha value is -3.66. The number of carbonyl (C=O) groups excluding carboxylic acids is 2. The van der Waals surface area contributed by atoms with Gasteiger partial charge >= 0.3 is 0 Å². The second-order valence-corrected chi connectivity index (χ2v) is 9.25. The van der Waals surface area contributed by atoms with Crippen molar-refractivity contribution in [3.05, 3.63) is 84.9 Å². The number of hydrogen-bond donors (Lipinski definition) is 2. The van der Waals surface area contributed by atoms with Gasteiger partial charge in [-0.05, 0) is 35.7 Å². The van der Waals surface area contributed by atoms with Crippen LogP contribution in [0.2, 0.25) is 0 Å². The normalized spacial score (nSPS) is 11.5. The molecule has 180 valence electrons. The van der Waals surface area contributed by atoms with Gasteiger partial charge in [0.25, 0.3) is 0 Å². The Morgan fingerprint density at radius 3 is 1.43 bits per heavy atom. The van der Waals surface area contributed by atoms with Crippen molar-refractivity contribution in [1.29, 1.82) is 0 Å². The van der Waals surface area contributed by atoms with Gasteiger partial charge in [0.2, 0.25) is 11.8 Å². The Labute approximate surface area is 207 Å². The predicted molar refractivity (Wildman–Crippen MR) is 147 cm³/mol. The standard InChI is InChI=1S/C31H34N2O2/c1-3-5-21-31(22-6-4-2,29(34)32-27-19-11-15-23-13-7-9-17-25(23)27)30(35)33-28-20-12-16-24-14-8-10-18-26(24)28/h7-20H,3-6,21-22H2,1-2H3,(H,32,34)(H,33,35). The number of unbranched alkanes of at least 4 members (excludes halogenated alkanes) is 2. The van der Waals surface area contributed by atoms with Crippen molar-refractivity contribution in [3.63, 3.8) is 0 Å². The molecule has 0 saturated heterocycles. The van der Waals surface area contributed by atoms with Gasteiger partial charge in [0.15, 0.2) is 0 Å². The van der Waals surface area contributed by atoms with E-state index in [1.165, 1.54) is 0 Å². The van der Waals surface area contributed by atoms with Gasteiger partial charge in [-0.2, -0.15) is 0 Å². The molecule has 2 N–H and O–H groups in total. The first-order chi connectivity index (χ1) is 17.1. The van der Waals surface area contributed by atoms with Crippen LogP contribution in [-0.4, -0.2) is 11.8 Å². The van der Waals surface area contributed by atoms with E-state index in [0.29, 0.717) is 12.8 Å². The fourth-order valence-electron chi connectivity index (χ4n) is 4.79. The van der Waals surface area contributed by atoms with E-state index in [9.17, 15) is 9.59 Å². The van der Waals surface area contributed by atoms with Crippen LogP contribution in [0.4, 0.5) is 11.4 Å². The molecule has 0 radical (unpaired) electrons. The Kier molecular flexibility index (Phi) is 7.81. The second kappa shape index (κ2) is 11.2. The lowest BCUT2D eigenvalue weighted by molar-refractivity contribution is -0.138. The molecule has 4 heteroatoms. The fourth-order valence-corrected chi connectivity index (χ4v) is 4.79. The number of rotatable bonds is 10. The summed E-state index contributed by atoms with van der Waals surface area (Å²) in [6.45, 7) is 4.19. The number of hydrogen-bond acceptors (Lipinski definition) is 2. The highest BCUT2D eigenvalue weighted by molar-refractivity contribution is 6.17. The highest BCUT2D eigenvalue weighted by Crippen LogP contribution is 2.36. The molecule has 0 bridgehead atoms. The molecule has 4 aromatic rings. The molecular formula is C31H34N2O2. The van der Waals surface area contributed by atoms with Crippen molar-refractivity contribution in [1.82, 2.24) is 0 Å². The van der Waals surface area contributed by atoms with Gasteiger partial charge < -0.3 is 10.6 Å². The third-order valence-electron chi connectivity index (χ3n) is 6.86. The van der Waals surface area contributed by atoms with Crippen molar-refractivity contribution < 1.29 is 9.59 Å². The van der Waals surface area contributed by atoms with E-state index >= 15 is 0 Å². The summed E-state index contributed by atoms with van der Waals surface area (Å²) in [6.07, 6.45) is 4.45. The molecule has 0 aromatic heterocycles. The molecule has 35 heavy (non-hydrogen) atoms. The summed E-state index contributed by atoms with van der Waals surface area (Å²) in [6, 6.07) is 27.7. The molecule has 0 atom stereocenters. The molecule has 4 nitrogen and oxygen atoms in total. The number of benzene rings is 4. The molecule has 0 heterocycles. The van der Waals surface area contributed by atoms with E-state index in [0.717, 1.165) is 58.6 Å². The Balaban J connectivity index is 1.72. The zero-order chi connectivity index (χ0) is 24.7. The zero-order valence-electron chi connectivity index (χ0n) is 20.6. The molecule has 0 saturated carbocycles. The van der Waals surface area contributed by atoms with Gasteiger partial charge in [0, 0.05) is 22.1 Å². The van der Waals surface area contributed by atoms with Crippen LogP contribution in [0.5, 0.6) is 0 Å². The van der Waals surface area contributed by atoms with Crippen LogP contribution in [0.3, 0.4) is 0 Å². The highest BCUT2D eigenvalue weighted by atomic mass is 16.2. The van der Waals surface area contributed by atoms with Crippen LogP contribution < -0.4 is 10.6 Å². The van der Waals surface area contributed by atoms with Crippen LogP contribution in [0.25, 0.3) is 21.5 Å². The van der Waals surface area contributed by atoms with Crippen LogP contribution >= 0.6 is 0 Å². The van der Waals surface area contributed by atoms with Crippen molar-refractivity contribution in [2.45, 2.75) is 52.4 Å². The molecule has 2 amide bonds. The van der Waals surface area contributed by atoms with Crippen LogP contribution in [-0.2, 0) is 9.59 Å². The molecule has 0 unspecified atom stereocenters. The summed E-state index contributed by atoms with van der Waals surface area (Å²) in [7, 11) is 0. The van der Waals surface area contributed by atoms with E-state index in [1.807, 2.05) is 84.9 Å². The minimum absolute atomic E-state index is 0.228. The maximum Gasteiger partial charge on any atom is 0.240 e. The Morgan fingerprint density at radius 2 is 1.00 bits per heavy atom. The van der Waals surface area contributed by atoms with Crippen molar-refractivity contribution in [2.75, 3.05) is 10.6 Å². The average Bonchev–Trinajstić information content (AvgIpc) is 2.89. The third kappa shape index (κ3) is 5.22. The van der Waals surface area contributed by atoms with E-state index in [4.69, 9.17) is 0 Å². The number of amides is 2. The SMILES string of the molecule is CCCCC(CCCC)(C(=O)Nc1cccc2ccccc12)C(=O)Nc1cccc2ccccc12. The maximum atomic E-state index is 14.0. The van der Waals surface area contributed by atoms with E-state index < -0.39 is 5.41 Å². The lowest BCUT2D eigenvalue weighted by Crippen LogP contribution is -2.46. The minimum Gasteiger partial charge on any atom is -0.325 e. The monoisotopic (exact) mass is 466 g/mol. The van der Waals surface area contributed by atoms with Crippen LogP contribution in [0.15, 0.2) is 84.9 Å². The van der Waals surface area contributed by atoms with Crippen LogP contribution in [0, 0.1) is 5.41 Å². The van der Waals surface area contributed by atoms with Crippen LogP contribution in [0.1, 0.15) is 52.4 Å². The first-order valence-electron chi connectivity index (χ1n) is 12.7. The molecule has 0 fully saturated rings. The molecule has 4 rings (SSSR count). The minimum atomic E-state index is -1.15. The quantitative estimate of drug-likeness (QED) is 0.233. The summed E-state index contributed by atoms with van der Waals surface area (Å²) >= 11 is 0. The van der Waals surface area contributed by atoms with Gasteiger partial charge in [0.05, 0.1) is 0 Å². The number of carbonyl (C=O) groups is 2. The molecule has 0 aliphatic heterocycles. The van der Waals surface area contributed by atoms with Gasteiger partial charge in [-0.3, -0.25) is 9.59 Å². The Morgan fingerprint density at radius 1 is 0.600 bits per heavy atom. The molecular weight excluding hydrogens is 432 g/mol. The zero-order valence-corrected chi connectivity index (χ0v) is 20.6. The lowest BCUT2D eigenvalue weighted by Gasteiger charge is -2.32. The summed E-state index contributed by atoms with van der Waals surface area (Å²) in [5.74, 6) is -0.457. The summed E-state index contributed by atoms with van der Waals surface area (Å²) < 4.78 is 0. The third-order valence-corrected chi connectivity index (χ3v) is 6.86. The van der Waals surface area contributed by atoms with Gasteiger partial charge in [0.1, 0.15) is 5.41 Å².